The number of aromatic nitrogens is 1. The van der Waals surface area contributed by atoms with Crippen molar-refractivity contribution in [1.82, 2.24) is 15.6 Å². The number of ether oxygens (including phenoxy) is 1. The standard InChI is InChI=1S/C16H21BrN4OS.HI/c1-10-15(23-11(2)21-10)9-20-16(18-3)19-8-12-5-6-14(22-4)13(17)7-12;/h5-7H,8-9H2,1-4H3,(H2,18,19,20);1H. The van der Waals surface area contributed by atoms with Gasteiger partial charge in [0.2, 0.25) is 0 Å². The first-order valence-corrected chi connectivity index (χ1v) is 8.84. The number of halogens is 2. The molecule has 0 amide bonds. The molecule has 0 aliphatic carbocycles. The van der Waals surface area contributed by atoms with Gasteiger partial charge in [0.1, 0.15) is 5.75 Å². The zero-order chi connectivity index (χ0) is 16.8. The van der Waals surface area contributed by atoms with Crippen molar-refractivity contribution < 1.29 is 4.74 Å². The number of benzene rings is 1. The van der Waals surface area contributed by atoms with Crippen molar-refractivity contribution in [2.24, 2.45) is 4.99 Å². The maximum Gasteiger partial charge on any atom is 0.191 e. The molecule has 0 spiro atoms. The Balaban J connectivity index is 0.00000288. The summed E-state index contributed by atoms with van der Waals surface area (Å²) in [5.74, 6) is 1.59. The quantitative estimate of drug-likeness (QED) is 0.352. The first kappa shape index (κ1) is 21.2. The first-order chi connectivity index (χ1) is 11.0. The van der Waals surface area contributed by atoms with Gasteiger partial charge in [0.05, 0.1) is 28.8 Å². The number of nitrogens with one attached hydrogen (secondary N) is 2. The van der Waals surface area contributed by atoms with Crippen molar-refractivity contribution in [1.29, 1.82) is 0 Å². The van der Waals surface area contributed by atoms with E-state index < -0.39 is 0 Å². The molecule has 0 fully saturated rings. The van der Waals surface area contributed by atoms with Gasteiger partial charge in [0.15, 0.2) is 5.96 Å². The molecular weight excluding hydrogens is 503 g/mol. The van der Waals surface area contributed by atoms with Crippen LogP contribution in [0.4, 0.5) is 0 Å². The Hall–Kier alpha value is -0.870. The van der Waals surface area contributed by atoms with Gasteiger partial charge in [-0.05, 0) is 47.5 Å². The summed E-state index contributed by atoms with van der Waals surface area (Å²) < 4.78 is 6.18. The van der Waals surface area contributed by atoms with E-state index in [1.54, 1.807) is 25.5 Å². The number of nitrogens with zero attached hydrogens (tertiary/aromatic N) is 2. The van der Waals surface area contributed by atoms with Crippen LogP contribution in [0.25, 0.3) is 0 Å². The number of hydrogen-bond donors (Lipinski definition) is 2. The minimum atomic E-state index is 0. The lowest BCUT2D eigenvalue weighted by molar-refractivity contribution is 0.412. The third-order valence-electron chi connectivity index (χ3n) is 3.32. The largest absolute Gasteiger partial charge is 0.496 e. The van der Waals surface area contributed by atoms with E-state index in [0.717, 1.165) is 39.0 Å². The van der Waals surface area contributed by atoms with E-state index >= 15 is 0 Å². The molecule has 0 bridgehead atoms. The van der Waals surface area contributed by atoms with Gasteiger partial charge >= 0.3 is 0 Å². The smallest absolute Gasteiger partial charge is 0.191 e. The second-order valence-electron chi connectivity index (χ2n) is 4.99. The Morgan fingerprint density at radius 3 is 2.54 bits per heavy atom. The molecule has 0 saturated carbocycles. The molecule has 0 aliphatic rings. The molecule has 1 aromatic carbocycles. The monoisotopic (exact) mass is 524 g/mol. The van der Waals surface area contributed by atoms with Crippen LogP contribution < -0.4 is 15.4 Å². The minimum Gasteiger partial charge on any atom is -0.496 e. The van der Waals surface area contributed by atoms with Crippen LogP contribution >= 0.6 is 51.2 Å². The number of aryl methyl sites for hydroxylation is 2. The molecule has 2 rings (SSSR count). The molecule has 8 heteroatoms. The molecule has 0 atom stereocenters. The molecule has 1 aromatic heterocycles. The van der Waals surface area contributed by atoms with Gasteiger partial charge in [-0.25, -0.2) is 4.98 Å². The van der Waals surface area contributed by atoms with Gasteiger partial charge in [0.25, 0.3) is 0 Å². The van der Waals surface area contributed by atoms with Crippen LogP contribution in [0.1, 0.15) is 21.1 Å². The summed E-state index contributed by atoms with van der Waals surface area (Å²) in [6, 6.07) is 6.01. The van der Waals surface area contributed by atoms with E-state index in [-0.39, 0.29) is 24.0 Å². The Morgan fingerprint density at radius 1 is 1.29 bits per heavy atom. The van der Waals surface area contributed by atoms with Crippen molar-refractivity contribution in [3.05, 3.63) is 43.8 Å². The molecule has 5 nitrogen and oxygen atoms in total. The second-order valence-corrected chi connectivity index (χ2v) is 7.13. The lowest BCUT2D eigenvalue weighted by Gasteiger charge is -2.12. The Bertz CT molecular complexity index is 705. The highest BCUT2D eigenvalue weighted by atomic mass is 127. The fourth-order valence-electron chi connectivity index (χ4n) is 2.13. The Kier molecular flexibility index (Phi) is 8.99. The molecular formula is C16H22BrIN4OS. The van der Waals surface area contributed by atoms with Crippen LogP contribution in [0.2, 0.25) is 0 Å². The van der Waals surface area contributed by atoms with Crippen molar-refractivity contribution in [2.75, 3.05) is 14.2 Å². The van der Waals surface area contributed by atoms with Crippen LogP contribution in [0, 0.1) is 13.8 Å². The molecule has 0 radical (unpaired) electrons. The van der Waals surface area contributed by atoms with Crippen molar-refractivity contribution in [3.8, 4) is 5.75 Å². The fraction of sp³-hybridized carbons (Fsp3) is 0.375. The molecule has 0 saturated heterocycles. The summed E-state index contributed by atoms with van der Waals surface area (Å²) >= 11 is 5.21. The van der Waals surface area contributed by atoms with Crippen molar-refractivity contribution >= 4 is 57.2 Å². The lowest BCUT2D eigenvalue weighted by atomic mass is 10.2. The van der Waals surface area contributed by atoms with Crippen molar-refractivity contribution in [2.45, 2.75) is 26.9 Å². The van der Waals surface area contributed by atoms with E-state index in [1.807, 2.05) is 32.0 Å². The zero-order valence-corrected chi connectivity index (χ0v) is 18.9. The highest BCUT2D eigenvalue weighted by Gasteiger charge is 2.06. The lowest BCUT2D eigenvalue weighted by Crippen LogP contribution is -2.36. The van der Waals surface area contributed by atoms with Gasteiger partial charge < -0.3 is 15.4 Å². The molecule has 0 aliphatic heterocycles. The van der Waals surface area contributed by atoms with Crippen LogP contribution in [0.15, 0.2) is 27.7 Å². The van der Waals surface area contributed by atoms with Crippen molar-refractivity contribution in [3.63, 3.8) is 0 Å². The molecule has 2 N–H and O–H groups in total. The summed E-state index contributed by atoms with van der Waals surface area (Å²) in [6.45, 7) is 5.47. The molecule has 132 valence electrons. The van der Waals surface area contributed by atoms with Crippen LogP contribution in [-0.2, 0) is 13.1 Å². The third kappa shape index (κ3) is 5.89. The topological polar surface area (TPSA) is 58.5 Å². The third-order valence-corrected chi connectivity index (χ3v) is 5.01. The predicted octanol–water partition coefficient (Wildman–Crippen LogP) is 4.01. The number of guanidine groups is 1. The normalized spacial score (nSPS) is 11.0. The van der Waals surface area contributed by atoms with Gasteiger partial charge in [-0.15, -0.1) is 35.3 Å². The fourth-order valence-corrected chi connectivity index (χ4v) is 3.59. The number of thiazole rings is 1. The minimum absolute atomic E-state index is 0. The van der Waals surface area contributed by atoms with E-state index in [0.29, 0.717) is 6.54 Å². The number of rotatable bonds is 5. The summed E-state index contributed by atoms with van der Waals surface area (Å²) in [5, 5.41) is 7.72. The number of hydrogen-bond acceptors (Lipinski definition) is 4. The maximum atomic E-state index is 5.24. The van der Waals surface area contributed by atoms with E-state index in [4.69, 9.17) is 4.74 Å². The Morgan fingerprint density at radius 2 is 2.00 bits per heavy atom. The van der Waals surface area contributed by atoms with Crippen LogP contribution in [0.3, 0.4) is 0 Å². The number of methoxy groups -OCH3 is 1. The van der Waals surface area contributed by atoms with E-state index in [1.165, 1.54) is 4.88 Å². The summed E-state index contributed by atoms with van der Waals surface area (Å²) in [6.07, 6.45) is 0. The summed E-state index contributed by atoms with van der Waals surface area (Å²) in [4.78, 5) is 9.92. The average Bonchev–Trinajstić information content (AvgIpc) is 2.85. The molecule has 1 heterocycles. The molecule has 24 heavy (non-hydrogen) atoms. The SMILES string of the molecule is CN=C(NCc1ccc(OC)c(Br)c1)NCc1sc(C)nc1C.I. The maximum absolute atomic E-state index is 5.24. The van der Waals surface area contributed by atoms with Gasteiger partial charge in [-0.1, -0.05) is 6.07 Å². The van der Waals surface area contributed by atoms with E-state index in [9.17, 15) is 0 Å². The van der Waals surface area contributed by atoms with E-state index in [2.05, 4.69) is 36.5 Å². The summed E-state index contributed by atoms with van der Waals surface area (Å²) in [5.41, 5.74) is 2.22. The average molecular weight is 525 g/mol. The summed E-state index contributed by atoms with van der Waals surface area (Å²) in [7, 11) is 3.43. The molecule has 0 unspecified atom stereocenters. The molecule has 2 aromatic rings. The highest BCUT2D eigenvalue weighted by molar-refractivity contribution is 14.0. The zero-order valence-electron chi connectivity index (χ0n) is 14.1. The van der Waals surface area contributed by atoms with Gasteiger partial charge in [-0.2, -0.15) is 0 Å². The predicted molar refractivity (Wildman–Crippen MR) is 115 cm³/mol. The highest BCUT2D eigenvalue weighted by Crippen LogP contribution is 2.25. The van der Waals surface area contributed by atoms with Crippen LogP contribution in [-0.4, -0.2) is 25.1 Å². The van der Waals surface area contributed by atoms with Gasteiger partial charge in [-0.3, -0.25) is 4.99 Å². The number of aliphatic imine (C=N–C) groups is 1. The second kappa shape index (κ2) is 10.2. The Labute approximate surface area is 172 Å². The van der Waals surface area contributed by atoms with Gasteiger partial charge in [0, 0.05) is 18.5 Å². The first-order valence-electron chi connectivity index (χ1n) is 7.23. The van der Waals surface area contributed by atoms with Crippen LogP contribution in [0.5, 0.6) is 5.75 Å².